The Morgan fingerprint density at radius 2 is 1.87 bits per heavy atom. The van der Waals surface area contributed by atoms with Crippen molar-refractivity contribution in [3.63, 3.8) is 0 Å². The summed E-state index contributed by atoms with van der Waals surface area (Å²) in [6, 6.07) is 3.40. The number of anilines is 2. The molecule has 0 saturated heterocycles. The molecule has 15 heavy (non-hydrogen) atoms. The van der Waals surface area contributed by atoms with E-state index in [2.05, 4.69) is 15.0 Å². The maximum Gasteiger partial charge on any atom is 0.149 e. The summed E-state index contributed by atoms with van der Waals surface area (Å²) in [6.07, 6.45) is 0. The molecule has 0 radical (unpaired) electrons. The molecule has 1 heterocycles. The van der Waals surface area contributed by atoms with Crippen LogP contribution in [0.1, 0.15) is 11.1 Å². The van der Waals surface area contributed by atoms with Crippen LogP contribution in [-0.4, -0.2) is 4.98 Å². The van der Waals surface area contributed by atoms with Crippen LogP contribution in [0.15, 0.2) is 5.11 Å². The molecular weight excluding hydrogens is 196 g/mol. The molecule has 72 valence electrons. The quantitative estimate of drug-likeness (QED) is 0.390. The van der Waals surface area contributed by atoms with E-state index >= 15 is 0 Å². The van der Waals surface area contributed by atoms with E-state index in [-0.39, 0.29) is 28.5 Å². The molecule has 0 bridgehead atoms. The molecule has 0 aliphatic rings. The van der Waals surface area contributed by atoms with Crippen molar-refractivity contribution in [2.24, 2.45) is 5.11 Å². The van der Waals surface area contributed by atoms with Gasteiger partial charge in [-0.2, -0.15) is 10.5 Å². The lowest BCUT2D eigenvalue weighted by Crippen LogP contribution is -2.03. The van der Waals surface area contributed by atoms with Gasteiger partial charge >= 0.3 is 0 Å². The zero-order valence-electron chi connectivity index (χ0n) is 7.34. The van der Waals surface area contributed by atoms with Crippen LogP contribution >= 0.6 is 0 Å². The first-order chi connectivity index (χ1) is 7.15. The second-order valence-corrected chi connectivity index (χ2v) is 2.40. The van der Waals surface area contributed by atoms with Gasteiger partial charge in [-0.15, -0.1) is 0 Å². The van der Waals surface area contributed by atoms with Crippen molar-refractivity contribution in [3.8, 4) is 12.1 Å². The molecule has 1 aromatic heterocycles. The maximum absolute atomic E-state index is 8.73. The number of hydrogen-bond donors (Lipinski definition) is 2. The molecule has 8 heteroatoms. The van der Waals surface area contributed by atoms with Crippen LogP contribution in [0.25, 0.3) is 10.4 Å². The molecule has 1 aromatic rings. The summed E-state index contributed by atoms with van der Waals surface area (Å²) in [4.78, 5) is 6.07. The molecule has 0 spiro atoms. The second kappa shape index (κ2) is 3.83. The van der Waals surface area contributed by atoms with Gasteiger partial charge in [0.25, 0.3) is 0 Å². The Labute approximate surface area is 84.0 Å². The Bertz CT molecular complexity index is 540. The van der Waals surface area contributed by atoms with Crippen molar-refractivity contribution in [2.45, 2.75) is 0 Å². The molecule has 0 unspecified atom stereocenters. The van der Waals surface area contributed by atoms with Gasteiger partial charge in [0.15, 0.2) is 0 Å². The summed E-state index contributed by atoms with van der Waals surface area (Å²) in [5.41, 5.74) is 18.7. The summed E-state index contributed by atoms with van der Waals surface area (Å²) in [6.45, 7) is 0. The van der Waals surface area contributed by atoms with E-state index in [4.69, 9.17) is 27.5 Å². The van der Waals surface area contributed by atoms with Crippen LogP contribution in [0.3, 0.4) is 0 Å². The van der Waals surface area contributed by atoms with E-state index in [1.807, 2.05) is 0 Å². The third kappa shape index (κ3) is 1.56. The minimum atomic E-state index is -0.228. The van der Waals surface area contributed by atoms with Crippen molar-refractivity contribution >= 4 is 17.3 Å². The van der Waals surface area contributed by atoms with E-state index in [0.717, 1.165) is 0 Å². The van der Waals surface area contributed by atoms with E-state index in [0.29, 0.717) is 0 Å². The highest BCUT2D eigenvalue weighted by atomic mass is 15.2. The molecule has 0 fully saturated rings. The number of nitriles is 2. The Kier molecular flexibility index (Phi) is 2.59. The van der Waals surface area contributed by atoms with Gasteiger partial charge < -0.3 is 11.5 Å². The van der Waals surface area contributed by atoms with E-state index in [1.54, 1.807) is 12.1 Å². The third-order valence-electron chi connectivity index (χ3n) is 1.61. The van der Waals surface area contributed by atoms with Crippen LogP contribution in [0.5, 0.6) is 0 Å². The monoisotopic (exact) mass is 200 g/mol. The molecule has 8 nitrogen and oxygen atoms in total. The summed E-state index contributed by atoms with van der Waals surface area (Å²) in [7, 11) is 0. The predicted octanol–water partition coefficient (Wildman–Crippen LogP) is 0.931. The summed E-state index contributed by atoms with van der Waals surface area (Å²) >= 11 is 0. The summed E-state index contributed by atoms with van der Waals surface area (Å²) in [5.74, 6) is -0.398. The standard InChI is InChI=1S/C7H4N8/c8-1-3-5(10)4(2-9)7(14-15-12)13-6(3)11/h(H4,10,11,13). The van der Waals surface area contributed by atoms with Gasteiger partial charge in [0.1, 0.15) is 34.9 Å². The zero-order chi connectivity index (χ0) is 11.4. The average Bonchev–Trinajstić information content (AvgIpc) is 2.19. The van der Waals surface area contributed by atoms with Crippen LogP contribution in [0.4, 0.5) is 17.3 Å². The normalized spacial score (nSPS) is 8.40. The maximum atomic E-state index is 8.73. The third-order valence-corrected chi connectivity index (χ3v) is 1.61. The molecule has 0 aliphatic carbocycles. The number of nitrogens with two attached hydrogens (primary N) is 2. The molecule has 0 saturated carbocycles. The molecule has 4 N–H and O–H groups in total. The lowest BCUT2D eigenvalue weighted by atomic mass is 10.1. The van der Waals surface area contributed by atoms with E-state index < -0.39 is 0 Å². The highest BCUT2D eigenvalue weighted by Crippen LogP contribution is 2.28. The van der Waals surface area contributed by atoms with Crippen molar-refractivity contribution < 1.29 is 0 Å². The Hall–Kier alpha value is -2.96. The van der Waals surface area contributed by atoms with Gasteiger partial charge in [0.05, 0.1) is 5.69 Å². The van der Waals surface area contributed by atoms with E-state index in [9.17, 15) is 0 Å². The zero-order valence-corrected chi connectivity index (χ0v) is 7.34. The topological polar surface area (TPSA) is 161 Å². The number of aromatic nitrogens is 1. The van der Waals surface area contributed by atoms with Gasteiger partial charge in [-0.25, -0.2) is 4.98 Å². The first-order valence-electron chi connectivity index (χ1n) is 3.60. The van der Waals surface area contributed by atoms with Crippen LogP contribution < -0.4 is 11.5 Å². The fourth-order valence-corrected chi connectivity index (χ4v) is 0.952. The number of azide groups is 1. The van der Waals surface area contributed by atoms with Gasteiger partial charge in [-0.1, -0.05) is 0 Å². The fraction of sp³-hybridized carbons (Fsp3) is 0. The number of nitrogens with zero attached hydrogens (tertiary/aromatic N) is 6. The summed E-state index contributed by atoms with van der Waals surface area (Å²) < 4.78 is 0. The second-order valence-electron chi connectivity index (χ2n) is 2.40. The van der Waals surface area contributed by atoms with Crippen molar-refractivity contribution in [3.05, 3.63) is 21.6 Å². The van der Waals surface area contributed by atoms with Crippen LogP contribution in [0.2, 0.25) is 0 Å². The smallest absolute Gasteiger partial charge is 0.149 e. The molecule has 0 aromatic carbocycles. The minimum absolute atomic E-state index is 0.0940. The lowest BCUT2D eigenvalue weighted by molar-refractivity contribution is 1.24. The lowest BCUT2D eigenvalue weighted by Gasteiger charge is -2.04. The van der Waals surface area contributed by atoms with Crippen LogP contribution in [0, 0.1) is 22.7 Å². The first kappa shape index (κ1) is 10.1. The molecule has 1 rings (SSSR count). The van der Waals surface area contributed by atoms with Crippen LogP contribution in [-0.2, 0) is 0 Å². The van der Waals surface area contributed by atoms with Gasteiger partial charge in [-0.05, 0) is 10.6 Å². The fourth-order valence-electron chi connectivity index (χ4n) is 0.952. The molecular formula is C7H4N8. The Balaban J connectivity index is 3.70. The Morgan fingerprint density at radius 1 is 1.27 bits per heavy atom. The summed E-state index contributed by atoms with van der Waals surface area (Å²) in [5, 5.41) is 20.6. The van der Waals surface area contributed by atoms with Gasteiger partial charge in [0.2, 0.25) is 0 Å². The molecule has 0 atom stereocenters. The number of nitrogen functional groups attached to an aromatic ring is 2. The minimum Gasteiger partial charge on any atom is -0.396 e. The molecule has 0 aliphatic heterocycles. The van der Waals surface area contributed by atoms with E-state index in [1.165, 1.54) is 0 Å². The van der Waals surface area contributed by atoms with Crippen molar-refractivity contribution in [1.82, 2.24) is 4.98 Å². The Morgan fingerprint density at radius 3 is 2.33 bits per heavy atom. The number of pyridine rings is 1. The highest BCUT2D eigenvalue weighted by Gasteiger charge is 2.14. The highest BCUT2D eigenvalue weighted by molar-refractivity contribution is 5.76. The average molecular weight is 200 g/mol. The SMILES string of the molecule is N#Cc1c(N)nc(N=[N+]=[N-])c(C#N)c1N. The van der Waals surface area contributed by atoms with Crippen molar-refractivity contribution in [1.29, 1.82) is 10.5 Å². The number of rotatable bonds is 1. The number of hydrogen-bond acceptors (Lipinski definition) is 6. The largest absolute Gasteiger partial charge is 0.396 e. The van der Waals surface area contributed by atoms with Crippen molar-refractivity contribution in [2.75, 3.05) is 11.5 Å². The van der Waals surface area contributed by atoms with Gasteiger partial charge in [-0.3, -0.25) is 0 Å². The predicted molar refractivity (Wildman–Crippen MR) is 51.3 cm³/mol. The molecule has 0 amide bonds. The first-order valence-corrected chi connectivity index (χ1v) is 3.60. The van der Waals surface area contributed by atoms with Gasteiger partial charge in [0, 0.05) is 4.91 Å².